The minimum Gasteiger partial charge on any atom is -0.494 e. The highest BCUT2D eigenvalue weighted by molar-refractivity contribution is 5.09. The van der Waals surface area contributed by atoms with Crippen LogP contribution in [0.15, 0.2) is 23.0 Å². The van der Waals surface area contributed by atoms with Gasteiger partial charge in [-0.1, -0.05) is 248 Å². The molecule has 0 heterocycles. The van der Waals surface area contributed by atoms with Crippen LogP contribution in [0.3, 0.4) is 0 Å². The van der Waals surface area contributed by atoms with E-state index in [2.05, 4.69) is 55.4 Å². The Kier molecular flexibility index (Phi) is 52.7. The van der Waals surface area contributed by atoms with Crippen molar-refractivity contribution in [3.05, 3.63) is 23.0 Å². The Morgan fingerprint density at radius 2 is 0.478 bits per heavy atom. The average Bonchev–Trinajstić information content (AvgIpc) is 3.33. The molecule has 0 aliphatic carbocycles. The van der Waals surface area contributed by atoms with Gasteiger partial charge in [0, 0.05) is 12.8 Å². The third-order valence-electron chi connectivity index (χ3n) is 12.8. The second-order valence-corrected chi connectivity index (χ2v) is 19.6. The molecule has 0 rings (SSSR count). The second kappa shape index (κ2) is 53.9. The van der Waals surface area contributed by atoms with Crippen molar-refractivity contribution in [2.45, 2.75) is 325 Å². The van der Waals surface area contributed by atoms with E-state index in [0.717, 1.165) is 114 Å². The molecule has 2 unspecified atom stereocenters. The van der Waals surface area contributed by atoms with Crippen molar-refractivity contribution in [2.24, 2.45) is 0 Å². The first-order valence-electron chi connectivity index (χ1n) is 29.9. The molecule has 2 atom stereocenters. The van der Waals surface area contributed by atoms with E-state index in [0.29, 0.717) is 51.2 Å². The zero-order chi connectivity index (χ0) is 48.9. The van der Waals surface area contributed by atoms with E-state index in [9.17, 15) is 0 Å². The molecule has 0 N–H and O–H groups in total. The van der Waals surface area contributed by atoms with Crippen LogP contribution < -0.4 is 0 Å². The molecule has 0 radical (unpaired) electrons. The van der Waals surface area contributed by atoms with Gasteiger partial charge in [0.1, 0.15) is 11.5 Å². The van der Waals surface area contributed by atoms with Crippen LogP contribution in [0.25, 0.3) is 0 Å². The molecule has 0 aliphatic heterocycles. The van der Waals surface area contributed by atoms with Crippen molar-refractivity contribution >= 4 is 0 Å². The van der Waals surface area contributed by atoms with Crippen LogP contribution in [0.2, 0.25) is 0 Å². The van der Waals surface area contributed by atoms with Crippen LogP contribution in [-0.2, 0) is 33.2 Å². The maximum Gasteiger partial charge on any atom is 0.223 e. The minimum atomic E-state index is -0.799. The normalized spacial score (nSPS) is 13.4. The summed E-state index contributed by atoms with van der Waals surface area (Å²) < 4.78 is 48.4. The largest absolute Gasteiger partial charge is 0.494 e. The zero-order valence-electron chi connectivity index (χ0n) is 46.5. The standard InChI is InChI=1S/C60H118O7/c1-9-17-25-29-31-33-35-37-39-43-47-55(61-49-21-13-5)57(63-51-23-15-7)59(65-53-45-41-27-19-11-3)67-60(66-54-46-42-28-20-12-4)58(64-52-24-16-8)56(62-50-22-14-6)48-44-40-38-36-34-32-30-26-18-10-2/h59-60H,9-54H2,1-8H3. The first-order chi connectivity index (χ1) is 33.1. The summed E-state index contributed by atoms with van der Waals surface area (Å²) in [5, 5.41) is 0. The fraction of sp³-hybridized carbons (Fsp3) is 0.933. The summed E-state index contributed by atoms with van der Waals surface area (Å²) >= 11 is 0. The Morgan fingerprint density at radius 3 is 0.761 bits per heavy atom. The fourth-order valence-corrected chi connectivity index (χ4v) is 8.23. The third-order valence-corrected chi connectivity index (χ3v) is 12.8. The average molecular weight is 952 g/mol. The SMILES string of the molecule is CCCCCCCCCCCCC(OCCCC)=C(OCCCC)C(OCCCCCCC)OC(OCCCCCCC)C(OCCCC)=C(CCCCCCCCCCCC)OCCCC. The lowest BCUT2D eigenvalue weighted by molar-refractivity contribution is -0.243. The number of unbranched alkanes of at least 4 members (excludes halogenated alkanes) is 30. The molecule has 0 aromatic rings. The van der Waals surface area contributed by atoms with Crippen molar-refractivity contribution in [3.63, 3.8) is 0 Å². The molecule has 0 fully saturated rings. The van der Waals surface area contributed by atoms with E-state index in [-0.39, 0.29) is 0 Å². The smallest absolute Gasteiger partial charge is 0.223 e. The van der Waals surface area contributed by atoms with Gasteiger partial charge in [-0.2, -0.15) is 0 Å². The molecule has 0 aliphatic rings. The topological polar surface area (TPSA) is 64.6 Å². The van der Waals surface area contributed by atoms with E-state index in [4.69, 9.17) is 33.2 Å². The van der Waals surface area contributed by atoms with Crippen LogP contribution in [0.5, 0.6) is 0 Å². The Hall–Kier alpha value is -1.44. The number of allylic oxidation sites excluding steroid dienone is 2. The molecule has 0 aromatic carbocycles. The summed E-state index contributed by atoms with van der Waals surface area (Å²) in [6.07, 6.45) is 45.5. The van der Waals surface area contributed by atoms with Crippen molar-refractivity contribution in [3.8, 4) is 0 Å². The maximum absolute atomic E-state index is 7.30. The van der Waals surface area contributed by atoms with Crippen molar-refractivity contribution in [2.75, 3.05) is 39.6 Å². The molecule has 0 aromatic heterocycles. The highest BCUT2D eigenvalue weighted by atomic mass is 16.8. The molecule has 0 spiro atoms. The number of hydrogen-bond donors (Lipinski definition) is 0. The van der Waals surface area contributed by atoms with Gasteiger partial charge in [-0.05, 0) is 51.4 Å². The third kappa shape index (κ3) is 40.9. The second-order valence-electron chi connectivity index (χ2n) is 19.6. The molecular formula is C60H118O7. The maximum atomic E-state index is 7.30. The Bertz CT molecular complexity index is 963. The lowest BCUT2D eigenvalue weighted by Crippen LogP contribution is -2.34. The summed E-state index contributed by atoms with van der Waals surface area (Å²) in [5.74, 6) is 3.17. The van der Waals surface area contributed by atoms with Gasteiger partial charge in [0.2, 0.25) is 12.6 Å². The lowest BCUT2D eigenvalue weighted by Gasteiger charge is -2.30. The predicted octanol–water partition coefficient (Wildman–Crippen LogP) is 19.9. The summed E-state index contributed by atoms with van der Waals surface area (Å²) in [4.78, 5) is 0. The molecular weight excluding hydrogens is 833 g/mol. The molecule has 0 saturated heterocycles. The summed E-state index contributed by atoms with van der Waals surface area (Å²) in [7, 11) is 0. The van der Waals surface area contributed by atoms with Gasteiger partial charge in [0.05, 0.1) is 39.6 Å². The highest BCUT2D eigenvalue weighted by Gasteiger charge is 2.32. The summed E-state index contributed by atoms with van der Waals surface area (Å²) in [6, 6.07) is 0. The lowest BCUT2D eigenvalue weighted by atomic mass is 10.1. The Labute approximate surface area is 419 Å². The number of rotatable bonds is 56. The summed E-state index contributed by atoms with van der Waals surface area (Å²) in [5.41, 5.74) is 0. The van der Waals surface area contributed by atoms with Crippen LogP contribution in [0, 0.1) is 0 Å². The molecule has 67 heavy (non-hydrogen) atoms. The van der Waals surface area contributed by atoms with E-state index in [1.54, 1.807) is 0 Å². The summed E-state index contributed by atoms with van der Waals surface area (Å²) in [6.45, 7) is 21.7. The molecule has 0 saturated carbocycles. The number of ether oxygens (including phenoxy) is 7. The monoisotopic (exact) mass is 951 g/mol. The quantitative estimate of drug-likeness (QED) is 0.0342. The van der Waals surface area contributed by atoms with Gasteiger partial charge in [0.25, 0.3) is 0 Å². The van der Waals surface area contributed by atoms with Crippen LogP contribution in [-0.4, -0.2) is 52.2 Å². The van der Waals surface area contributed by atoms with E-state index >= 15 is 0 Å². The minimum absolute atomic E-state index is 0.577. The van der Waals surface area contributed by atoms with E-state index in [1.165, 1.54) is 154 Å². The highest BCUT2D eigenvalue weighted by Crippen LogP contribution is 2.30. The predicted molar refractivity (Wildman–Crippen MR) is 288 cm³/mol. The first kappa shape index (κ1) is 65.6. The van der Waals surface area contributed by atoms with E-state index < -0.39 is 12.6 Å². The molecule has 7 nitrogen and oxygen atoms in total. The van der Waals surface area contributed by atoms with Crippen LogP contribution in [0.4, 0.5) is 0 Å². The van der Waals surface area contributed by atoms with Crippen LogP contribution in [0.1, 0.15) is 312 Å². The number of hydrogen-bond acceptors (Lipinski definition) is 7. The van der Waals surface area contributed by atoms with Gasteiger partial charge < -0.3 is 33.2 Å². The fourth-order valence-electron chi connectivity index (χ4n) is 8.23. The van der Waals surface area contributed by atoms with Gasteiger partial charge in [-0.3, -0.25) is 0 Å². The van der Waals surface area contributed by atoms with Crippen LogP contribution >= 0.6 is 0 Å². The molecule has 7 heteroatoms. The molecule has 0 bridgehead atoms. The Balaban J connectivity index is 7.14. The van der Waals surface area contributed by atoms with Gasteiger partial charge in [-0.15, -0.1) is 0 Å². The molecule has 0 amide bonds. The van der Waals surface area contributed by atoms with Gasteiger partial charge in [-0.25, -0.2) is 0 Å². The Morgan fingerprint density at radius 1 is 0.239 bits per heavy atom. The van der Waals surface area contributed by atoms with Crippen molar-refractivity contribution < 1.29 is 33.2 Å². The van der Waals surface area contributed by atoms with Crippen molar-refractivity contribution in [1.82, 2.24) is 0 Å². The first-order valence-corrected chi connectivity index (χ1v) is 29.9. The van der Waals surface area contributed by atoms with Gasteiger partial charge in [0.15, 0.2) is 11.5 Å². The van der Waals surface area contributed by atoms with Gasteiger partial charge >= 0.3 is 0 Å². The van der Waals surface area contributed by atoms with E-state index in [1.807, 2.05) is 0 Å². The zero-order valence-corrected chi connectivity index (χ0v) is 46.5. The molecule has 400 valence electrons. The van der Waals surface area contributed by atoms with Crippen molar-refractivity contribution in [1.29, 1.82) is 0 Å².